The van der Waals surface area contributed by atoms with Crippen molar-refractivity contribution in [2.24, 2.45) is 5.73 Å². The molecule has 0 radical (unpaired) electrons. The molecular formula is C11H13BrN4S. The van der Waals surface area contributed by atoms with E-state index >= 15 is 0 Å². The maximum Gasteiger partial charge on any atom is 0.151 e. The van der Waals surface area contributed by atoms with Gasteiger partial charge in [-0.05, 0) is 24.7 Å². The minimum atomic E-state index is 0.579. The van der Waals surface area contributed by atoms with Gasteiger partial charge < -0.3 is 5.73 Å². The fraction of sp³-hybridized carbons (Fsp3) is 0.273. The van der Waals surface area contributed by atoms with E-state index in [-0.39, 0.29) is 0 Å². The zero-order valence-electron chi connectivity index (χ0n) is 9.19. The Morgan fingerprint density at radius 2 is 2.29 bits per heavy atom. The molecule has 0 aliphatic heterocycles. The molecule has 6 heteroatoms. The molecule has 1 heterocycles. The molecule has 0 saturated carbocycles. The van der Waals surface area contributed by atoms with Crippen LogP contribution < -0.4 is 5.73 Å². The molecule has 2 rings (SSSR count). The van der Waals surface area contributed by atoms with Crippen molar-refractivity contribution in [1.82, 2.24) is 15.2 Å². The first-order valence-corrected chi connectivity index (χ1v) is 7.04. The van der Waals surface area contributed by atoms with Gasteiger partial charge in [0.2, 0.25) is 0 Å². The van der Waals surface area contributed by atoms with E-state index in [0.29, 0.717) is 6.54 Å². The molecular weight excluding hydrogens is 300 g/mol. The lowest BCUT2D eigenvalue weighted by molar-refractivity contribution is 0.874. The van der Waals surface area contributed by atoms with Crippen LogP contribution in [0, 0.1) is 0 Å². The third-order valence-electron chi connectivity index (χ3n) is 2.12. The smallest absolute Gasteiger partial charge is 0.151 e. The normalized spacial score (nSPS) is 10.7. The molecule has 0 aliphatic rings. The molecule has 4 nitrogen and oxygen atoms in total. The van der Waals surface area contributed by atoms with Gasteiger partial charge in [-0.2, -0.15) is 5.10 Å². The van der Waals surface area contributed by atoms with Gasteiger partial charge >= 0.3 is 0 Å². The molecule has 0 amide bonds. The van der Waals surface area contributed by atoms with Gasteiger partial charge in [0.25, 0.3) is 0 Å². The molecule has 0 unspecified atom stereocenters. The van der Waals surface area contributed by atoms with Crippen LogP contribution in [0.3, 0.4) is 0 Å². The number of rotatable bonds is 5. The Kier molecular flexibility index (Phi) is 4.58. The van der Waals surface area contributed by atoms with Crippen molar-refractivity contribution in [3.05, 3.63) is 40.4 Å². The fourth-order valence-corrected chi connectivity index (χ4v) is 2.72. The average molecular weight is 313 g/mol. The number of nitrogens with zero attached hydrogens (tertiary/aromatic N) is 2. The third-order valence-corrected chi connectivity index (χ3v) is 3.62. The predicted molar refractivity (Wildman–Crippen MR) is 72.8 cm³/mol. The Hall–Kier alpha value is -0.850. The third kappa shape index (κ3) is 3.83. The van der Waals surface area contributed by atoms with Gasteiger partial charge in [-0.25, -0.2) is 4.98 Å². The first kappa shape index (κ1) is 12.6. The molecule has 0 atom stereocenters. The number of H-pyrrole nitrogens is 1. The summed E-state index contributed by atoms with van der Waals surface area (Å²) in [4.78, 5) is 5.56. The van der Waals surface area contributed by atoms with E-state index in [9.17, 15) is 0 Å². The SMILES string of the molecule is NCCc1n[nH]c(CSc2cccc(Br)c2)n1. The van der Waals surface area contributed by atoms with E-state index in [1.807, 2.05) is 12.1 Å². The van der Waals surface area contributed by atoms with Crippen LogP contribution >= 0.6 is 27.7 Å². The molecule has 3 N–H and O–H groups in total. The van der Waals surface area contributed by atoms with Gasteiger partial charge in [0.15, 0.2) is 5.82 Å². The lowest BCUT2D eigenvalue weighted by atomic mass is 10.4. The second-order valence-electron chi connectivity index (χ2n) is 3.48. The van der Waals surface area contributed by atoms with Gasteiger partial charge in [-0.1, -0.05) is 22.0 Å². The van der Waals surface area contributed by atoms with Crippen LogP contribution in [-0.4, -0.2) is 21.7 Å². The van der Waals surface area contributed by atoms with E-state index in [1.165, 1.54) is 4.90 Å². The number of halogens is 1. The Bertz CT molecular complexity index is 486. The Morgan fingerprint density at radius 3 is 3.06 bits per heavy atom. The summed E-state index contributed by atoms with van der Waals surface area (Å²) in [6.45, 7) is 0.579. The number of thioether (sulfide) groups is 1. The highest BCUT2D eigenvalue weighted by Crippen LogP contribution is 2.24. The van der Waals surface area contributed by atoms with Crippen LogP contribution in [0.25, 0.3) is 0 Å². The molecule has 17 heavy (non-hydrogen) atoms. The maximum atomic E-state index is 5.45. The van der Waals surface area contributed by atoms with Crippen molar-refractivity contribution < 1.29 is 0 Å². The van der Waals surface area contributed by atoms with Gasteiger partial charge in [-0.15, -0.1) is 11.8 Å². The largest absolute Gasteiger partial charge is 0.330 e. The molecule has 0 fully saturated rings. The molecule has 2 aromatic rings. The Balaban J connectivity index is 1.93. The highest BCUT2D eigenvalue weighted by Gasteiger charge is 2.03. The fourth-order valence-electron chi connectivity index (χ4n) is 1.35. The zero-order valence-corrected chi connectivity index (χ0v) is 11.6. The summed E-state index contributed by atoms with van der Waals surface area (Å²) in [5, 5.41) is 7.02. The maximum absolute atomic E-state index is 5.45. The second-order valence-corrected chi connectivity index (χ2v) is 5.45. The standard InChI is InChI=1S/C11H13BrN4S/c12-8-2-1-3-9(6-8)17-7-11-14-10(4-5-13)15-16-11/h1-3,6H,4-5,7,13H2,(H,14,15,16). The van der Waals surface area contributed by atoms with Gasteiger partial charge in [0, 0.05) is 15.8 Å². The van der Waals surface area contributed by atoms with Crippen molar-refractivity contribution >= 4 is 27.7 Å². The predicted octanol–water partition coefficient (Wildman–Crippen LogP) is 2.36. The topological polar surface area (TPSA) is 67.6 Å². The van der Waals surface area contributed by atoms with Crippen molar-refractivity contribution in [1.29, 1.82) is 0 Å². The van der Waals surface area contributed by atoms with E-state index < -0.39 is 0 Å². The number of benzene rings is 1. The number of aromatic amines is 1. The van der Waals surface area contributed by atoms with E-state index in [0.717, 1.165) is 28.3 Å². The van der Waals surface area contributed by atoms with Crippen LogP contribution in [0.5, 0.6) is 0 Å². The summed E-state index contributed by atoms with van der Waals surface area (Å²) in [6, 6.07) is 8.19. The number of nitrogens with one attached hydrogen (secondary N) is 1. The van der Waals surface area contributed by atoms with Crippen molar-refractivity contribution in [2.75, 3.05) is 6.54 Å². The lowest BCUT2D eigenvalue weighted by Gasteiger charge is -1.99. The number of hydrogen-bond acceptors (Lipinski definition) is 4. The summed E-state index contributed by atoms with van der Waals surface area (Å²) >= 11 is 5.17. The van der Waals surface area contributed by atoms with Gasteiger partial charge in [-0.3, -0.25) is 5.10 Å². The molecule has 1 aromatic heterocycles. The molecule has 1 aromatic carbocycles. The van der Waals surface area contributed by atoms with E-state index in [1.54, 1.807) is 11.8 Å². The Labute approximate surface area is 113 Å². The zero-order chi connectivity index (χ0) is 12.1. The summed E-state index contributed by atoms with van der Waals surface area (Å²) in [5.41, 5.74) is 5.45. The molecule has 0 bridgehead atoms. The second kappa shape index (κ2) is 6.18. The minimum Gasteiger partial charge on any atom is -0.330 e. The molecule has 0 spiro atoms. The van der Waals surface area contributed by atoms with Gasteiger partial charge in [0.05, 0.1) is 5.75 Å². The first-order chi connectivity index (χ1) is 8.28. The Morgan fingerprint density at radius 1 is 1.41 bits per heavy atom. The average Bonchev–Trinajstić information content (AvgIpc) is 2.75. The van der Waals surface area contributed by atoms with E-state index in [2.05, 4.69) is 43.2 Å². The van der Waals surface area contributed by atoms with Crippen LogP contribution in [-0.2, 0) is 12.2 Å². The summed E-state index contributed by atoms with van der Waals surface area (Å²) in [5.74, 6) is 2.46. The van der Waals surface area contributed by atoms with Crippen molar-refractivity contribution in [2.45, 2.75) is 17.1 Å². The monoisotopic (exact) mass is 312 g/mol. The van der Waals surface area contributed by atoms with Crippen molar-refractivity contribution in [3.8, 4) is 0 Å². The quantitative estimate of drug-likeness (QED) is 0.832. The highest BCUT2D eigenvalue weighted by molar-refractivity contribution is 9.10. The summed E-state index contributed by atoms with van der Waals surface area (Å²) in [6.07, 6.45) is 0.720. The van der Waals surface area contributed by atoms with E-state index in [4.69, 9.17) is 5.73 Å². The number of nitrogens with two attached hydrogens (primary N) is 1. The van der Waals surface area contributed by atoms with Crippen LogP contribution in [0.1, 0.15) is 11.6 Å². The van der Waals surface area contributed by atoms with Crippen molar-refractivity contribution in [3.63, 3.8) is 0 Å². The number of aromatic nitrogens is 3. The van der Waals surface area contributed by atoms with Crippen LogP contribution in [0.2, 0.25) is 0 Å². The molecule has 0 aliphatic carbocycles. The molecule has 90 valence electrons. The minimum absolute atomic E-state index is 0.579. The highest BCUT2D eigenvalue weighted by atomic mass is 79.9. The number of hydrogen-bond donors (Lipinski definition) is 2. The summed E-state index contributed by atoms with van der Waals surface area (Å²) < 4.78 is 1.09. The molecule has 0 saturated heterocycles. The summed E-state index contributed by atoms with van der Waals surface area (Å²) in [7, 11) is 0. The first-order valence-electron chi connectivity index (χ1n) is 5.26. The van der Waals surface area contributed by atoms with Gasteiger partial charge in [0.1, 0.15) is 5.82 Å². The van der Waals surface area contributed by atoms with Crippen LogP contribution in [0.4, 0.5) is 0 Å². The lowest BCUT2D eigenvalue weighted by Crippen LogP contribution is -2.03. The van der Waals surface area contributed by atoms with Crippen LogP contribution in [0.15, 0.2) is 33.6 Å².